The Hall–Kier alpha value is -2.71. The molecule has 0 amide bonds. The van der Waals surface area contributed by atoms with E-state index in [2.05, 4.69) is 15.1 Å². The van der Waals surface area contributed by atoms with E-state index in [1.165, 1.54) is 10.4 Å². The predicted molar refractivity (Wildman–Crippen MR) is 122 cm³/mol. The van der Waals surface area contributed by atoms with Crippen LogP contribution in [0.1, 0.15) is 47.4 Å². The van der Waals surface area contributed by atoms with Crippen LogP contribution in [0.5, 0.6) is 0 Å². The fourth-order valence-corrected chi connectivity index (χ4v) is 7.01. The maximum Gasteiger partial charge on any atom is 0.221 e. The van der Waals surface area contributed by atoms with Crippen LogP contribution in [0.3, 0.4) is 0 Å². The Kier molecular flexibility index (Phi) is 5.51. The van der Waals surface area contributed by atoms with Crippen molar-refractivity contribution in [2.75, 3.05) is 11.4 Å². The number of H-pyrrole nitrogens is 1. The lowest BCUT2D eigenvalue weighted by atomic mass is 10.0. The van der Waals surface area contributed by atoms with Gasteiger partial charge in [-0.2, -0.15) is 9.40 Å². The summed E-state index contributed by atoms with van der Waals surface area (Å²) in [6.07, 6.45) is 3.98. The fraction of sp³-hybridized carbons (Fsp3) is 0.375. The highest BCUT2D eigenvalue weighted by Crippen LogP contribution is 2.38. The molecule has 1 aromatic heterocycles. The van der Waals surface area contributed by atoms with Crippen LogP contribution in [0.2, 0.25) is 0 Å². The molecule has 0 saturated carbocycles. The van der Waals surface area contributed by atoms with Crippen molar-refractivity contribution in [1.29, 1.82) is 0 Å². The number of rotatable bonds is 4. The highest BCUT2D eigenvalue weighted by molar-refractivity contribution is 7.89. The van der Waals surface area contributed by atoms with Crippen molar-refractivity contribution in [1.82, 2.24) is 14.5 Å². The zero-order chi connectivity index (χ0) is 22.3. The smallest absolute Gasteiger partial charge is 0.221 e. The average molecular weight is 455 g/mol. The van der Waals surface area contributed by atoms with Crippen molar-refractivity contribution in [2.24, 2.45) is 0 Å². The number of hydrogen-bond donors (Lipinski definition) is 1. The zero-order valence-electron chi connectivity index (χ0n) is 18.0. The SMILES string of the molecule is C[C@H]1CCC(c2ccccc2)S(=O)(=O)N1Cc1ccc(N2CCc3[nH]ncc3C2)cc1F. The van der Waals surface area contributed by atoms with Crippen LogP contribution >= 0.6 is 0 Å². The van der Waals surface area contributed by atoms with Gasteiger partial charge in [0.2, 0.25) is 10.0 Å². The molecule has 0 radical (unpaired) electrons. The number of aromatic nitrogens is 2. The first-order valence-corrected chi connectivity index (χ1v) is 12.5. The number of fused-ring (bicyclic) bond motifs is 1. The third-order valence-electron chi connectivity index (χ3n) is 6.72. The van der Waals surface area contributed by atoms with Gasteiger partial charge >= 0.3 is 0 Å². The van der Waals surface area contributed by atoms with E-state index in [9.17, 15) is 8.42 Å². The van der Waals surface area contributed by atoms with E-state index in [4.69, 9.17) is 0 Å². The minimum atomic E-state index is -3.59. The number of aromatic amines is 1. The van der Waals surface area contributed by atoms with E-state index in [0.29, 0.717) is 18.5 Å². The third kappa shape index (κ3) is 3.82. The van der Waals surface area contributed by atoms with E-state index in [1.807, 2.05) is 49.5 Å². The second-order valence-corrected chi connectivity index (χ2v) is 10.8. The van der Waals surface area contributed by atoms with Gasteiger partial charge in [-0.3, -0.25) is 5.10 Å². The van der Waals surface area contributed by atoms with E-state index < -0.39 is 15.3 Å². The molecule has 0 spiro atoms. The van der Waals surface area contributed by atoms with Crippen LogP contribution in [-0.2, 0) is 29.5 Å². The van der Waals surface area contributed by atoms with Crippen molar-refractivity contribution in [3.63, 3.8) is 0 Å². The van der Waals surface area contributed by atoms with Gasteiger partial charge < -0.3 is 4.90 Å². The molecule has 32 heavy (non-hydrogen) atoms. The number of benzene rings is 2. The zero-order valence-corrected chi connectivity index (χ0v) is 18.9. The number of anilines is 1. The van der Waals surface area contributed by atoms with Gasteiger partial charge in [-0.05, 0) is 37.5 Å². The minimum Gasteiger partial charge on any atom is -0.367 e. The largest absolute Gasteiger partial charge is 0.367 e. The summed E-state index contributed by atoms with van der Waals surface area (Å²) in [6, 6.07) is 14.3. The number of hydrogen-bond acceptors (Lipinski definition) is 4. The molecule has 3 heterocycles. The van der Waals surface area contributed by atoms with Crippen molar-refractivity contribution < 1.29 is 12.8 Å². The summed E-state index contributed by atoms with van der Waals surface area (Å²) >= 11 is 0. The molecule has 168 valence electrons. The number of nitrogens with zero attached hydrogens (tertiary/aromatic N) is 3. The molecule has 1 N–H and O–H groups in total. The van der Waals surface area contributed by atoms with Gasteiger partial charge in [0.15, 0.2) is 0 Å². The summed E-state index contributed by atoms with van der Waals surface area (Å²) in [5.41, 5.74) is 4.26. The lowest BCUT2D eigenvalue weighted by Crippen LogP contribution is -2.44. The summed E-state index contributed by atoms with van der Waals surface area (Å²) in [4.78, 5) is 2.12. The van der Waals surface area contributed by atoms with Crippen LogP contribution < -0.4 is 4.90 Å². The Morgan fingerprint density at radius 3 is 2.75 bits per heavy atom. The van der Waals surface area contributed by atoms with E-state index in [1.54, 1.807) is 6.07 Å². The first-order valence-electron chi connectivity index (χ1n) is 11.0. The molecule has 0 aliphatic carbocycles. The minimum absolute atomic E-state index is 0.0465. The van der Waals surface area contributed by atoms with Crippen LogP contribution in [-0.4, -0.2) is 35.5 Å². The van der Waals surface area contributed by atoms with Crippen LogP contribution in [0.4, 0.5) is 10.1 Å². The van der Waals surface area contributed by atoms with E-state index in [0.717, 1.165) is 41.9 Å². The maximum atomic E-state index is 15.1. The Balaban J connectivity index is 1.37. The fourth-order valence-electron chi connectivity index (χ4n) is 4.82. The van der Waals surface area contributed by atoms with Gasteiger partial charge in [-0.1, -0.05) is 36.4 Å². The van der Waals surface area contributed by atoms with Crippen molar-refractivity contribution in [3.05, 3.63) is 82.9 Å². The molecule has 3 aromatic rings. The first-order chi connectivity index (χ1) is 15.4. The third-order valence-corrected chi connectivity index (χ3v) is 9.09. The topological polar surface area (TPSA) is 69.3 Å². The Morgan fingerprint density at radius 2 is 1.97 bits per heavy atom. The molecule has 0 bridgehead atoms. The quantitative estimate of drug-likeness (QED) is 0.643. The second kappa shape index (κ2) is 8.33. The van der Waals surface area contributed by atoms with Crippen LogP contribution in [0.25, 0.3) is 0 Å². The number of nitrogens with one attached hydrogen (secondary N) is 1. The highest BCUT2D eigenvalue weighted by Gasteiger charge is 2.40. The van der Waals surface area contributed by atoms with Gasteiger partial charge in [0, 0.05) is 54.6 Å². The van der Waals surface area contributed by atoms with Gasteiger partial charge in [0.05, 0.1) is 6.20 Å². The summed E-state index contributed by atoms with van der Waals surface area (Å²) in [5, 5.41) is 6.52. The molecule has 2 atom stereocenters. The van der Waals surface area contributed by atoms with Crippen LogP contribution in [0, 0.1) is 5.82 Å². The van der Waals surface area contributed by atoms with Gasteiger partial charge in [0.1, 0.15) is 11.1 Å². The van der Waals surface area contributed by atoms with Gasteiger partial charge in [-0.15, -0.1) is 0 Å². The molecule has 2 aliphatic rings. The monoisotopic (exact) mass is 454 g/mol. The molecule has 8 heteroatoms. The molecule has 6 nitrogen and oxygen atoms in total. The molecule has 2 aliphatic heterocycles. The summed E-state index contributed by atoms with van der Waals surface area (Å²) in [5.74, 6) is -0.371. The number of sulfonamides is 1. The maximum absolute atomic E-state index is 15.1. The summed E-state index contributed by atoms with van der Waals surface area (Å²) in [6.45, 7) is 3.41. The second-order valence-electron chi connectivity index (χ2n) is 8.74. The molecule has 1 unspecified atom stereocenters. The molecular formula is C24H27FN4O2S. The molecular weight excluding hydrogens is 427 g/mol. The lowest BCUT2D eigenvalue weighted by Gasteiger charge is -2.37. The predicted octanol–water partition coefficient (Wildman–Crippen LogP) is 4.17. The van der Waals surface area contributed by atoms with E-state index in [-0.39, 0.29) is 18.4 Å². The Labute approximate surface area is 188 Å². The lowest BCUT2D eigenvalue weighted by molar-refractivity contribution is 0.279. The van der Waals surface area contributed by atoms with Gasteiger partial charge in [0.25, 0.3) is 0 Å². The first kappa shape index (κ1) is 21.2. The molecule has 2 aromatic carbocycles. The molecule has 1 saturated heterocycles. The normalized spacial score (nSPS) is 23.1. The van der Waals surface area contributed by atoms with Crippen LogP contribution in [0.15, 0.2) is 54.7 Å². The summed E-state index contributed by atoms with van der Waals surface area (Å²) in [7, 11) is -3.59. The van der Waals surface area contributed by atoms with Crippen molar-refractivity contribution in [2.45, 2.75) is 50.6 Å². The average Bonchev–Trinajstić information content (AvgIpc) is 3.26. The standard InChI is InChI=1S/C24H27FN4O2S/c1-17-7-10-24(18-5-3-2-4-6-18)32(30,31)29(17)16-19-8-9-21(13-22(19)25)28-12-11-23-20(15-28)14-26-27-23/h2-6,8-9,13-14,17,24H,7,10-12,15-16H2,1H3,(H,26,27)/t17-,24?/m0/s1. The number of halogens is 1. The highest BCUT2D eigenvalue weighted by atomic mass is 32.2. The summed E-state index contributed by atoms with van der Waals surface area (Å²) < 4.78 is 43.5. The van der Waals surface area contributed by atoms with Crippen molar-refractivity contribution >= 4 is 15.7 Å². The molecule has 1 fully saturated rings. The van der Waals surface area contributed by atoms with Gasteiger partial charge in [-0.25, -0.2) is 12.8 Å². The Bertz CT molecular complexity index is 1210. The Morgan fingerprint density at radius 1 is 1.16 bits per heavy atom. The van der Waals surface area contributed by atoms with Crippen molar-refractivity contribution in [3.8, 4) is 0 Å². The van der Waals surface area contributed by atoms with E-state index >= 15 is 4.39 Å². The molecule has 5 rings (SSSR count).